The topological polar surface area (TPSA) is 69.7 Å². The van der Waals surface area contributed by atoms with Crippen molar-refractivity contribution in [1.82, 2.24) is 4.98 Å². The molecule has 0 aliphatic carbocycles. The van der Waals surface area contributed by atoms with Crippen LogP contribution < -0.4 is 19.5 Å². The number of hydrogen-bond donors (Lipinski definition) is 1. The Hall–Kier alpha value is -3.06. The van der Waals surface area contributed by atoms with Gasteiger partial charge in [-0.1, -0.05) is 30.3 Å². The van der Waals surface area contributed by atoms with Crippen molar-refractivity contribution in [3.63, 3.8) is 0 Å². The molecule has 0 saturated carbocycles. The largest absolute Gasteiger partial charge is 0.490 e. The highest BCUT2D eigenvalue weighted by molar-refractivity contribution is 7.16. The van der Waals surface area contributed by atoms with Crippen molar-refractivity contribution in [2.75, 3.05) is 25.1 Å². The Morgan fingerprint density at radius 1 is 0.967 bits per heavy atom. The van der Waals surface area contributed by atoms with Crippen molar-refractivity contribution in [2.24, 2.45) is 0 Å². The molecule has 3 aromatic rings. The molecule has 0 unspecified atom stereocenters. The number of carbonyl (C=O) groups excluding carboxylic acids is 1. The zero-order valence-electron chi connectivity index (χ0n) is 17.7. The first-order valence-electron chi connectivity index (χ1n) is 9.97. The molecule has 30 heavy (non-hydrogen) atoms. The molecule has 1 N–H and O–H groups in total. The summed E-state index contributed by atoms with van der Waals surface area (Å²) in [4.78, 5) is 18.6. The number of nitrogens with one attached hydrogen (secondary N) is 1. The smallest absolute Gasteiger partial charge is 0.257 e. The lowest BCUT2D eigenvalue weighted by molar-refractivity contribution is 0.102. The molecule has 0 atom stereocenters. The summed E-state index contributed by atoms with van der Waals surface area (Å²) in [7, 11) is 0. The van der Waals surface area contributed by atoms with Gasteiger partial charge in [0.2, 0.25) is 5.75 Å². The highest BCUT2D eigenvalue weighted by Crippen LogP contribution is 2.39. The van der Waals surface area contributed by atoms with Crippen molar-refractivity contribution in [3.05, 3.63) is 52.9 Å². The van der Waals surface area contributed by atoms with Crippen LogP contribution in [0.3, 0.4) is 0 Å². The van der Waals surface area contributed by atoms with Crippen LogP contribution in [0.5, 0.6) is 17.2 Å². The van der Waals surface area contributed by atoms with Crippen molar-refractivity contribution in [1.29, 1.82) is 0 Å². The Balaban J connectivity index is 1.89. The van der Waals surface area contributed by atoms with Gasteiger partial charge in [0.1, 0.15) is 0 Å². The van der Waals surface area contributed by atoms with Crippen molar-refractivity contribution in [3.8, 4) is 28.5 Å². The standard InChI is InChI=1S/C23H26N2O4S/c1-5-27-18-13-17(14-19(28-6-2)21(18)29-7-3)22(26)25-23-24-20(15(4)30-23)16-11-9-8-10-12-16/h8-14H,5-7H2,1-4H3,(H,24,25,26). The summed E-state index contributed by atoms with van der Waals surface area (Å²) in [5.74, 6) is 1.19. The fraction of sp³-hybridized carbons (Fsp3) is 0.304. The summed E-state index contributed by atoms with van der Waals surface area (Å²) in [5.41, 5.74) is 2.30. The van der Waals surface area contributed by atoms with E-state index in [1.54, 1.807) is 12.1 Å². The number of hydrogen-bond acceptors (Lipinski definition) is 6. The molecule has 0 aliphatic heterocycles. The number of thiazole rings is 1. The molecule has 1 aromatic heterocycles. The molecule has 3 rings (SSSR count). The minimum atomic E-state index is -0.284. The van der Waals surface area contributed by atoms with Gasteiger partial charge in [-0.2, -0.15) is 0 Å². The van der Waals surface area contributed by atoms with Gasteiger partial charge in [0.05, 0.1) is 25.5 Å². The fourth-order valence-electron chi connectivity index (χ4n) is 3.00. The van der Waals surface area contributed by atoms with E-state index in [-0.39, 0.29) is 5.91 Å². The number of aromatic nitrogens is 1. The maximum absolute atomic E-state index is 13.0. The monoisotopic (exact) mass is 426 g/mol. The minimum Gasteiger partial charge on any atom is -0.490 e. The van der Waals surface area contributed by atoms with Crippen molar-refractivity contribution in [2.45, 2.75) is 27.7 Å². The van der Waals surface area contributed by atoms with E-state index in [2.05, 4.69) is 10.3 Å². The van der Waals surface area contributed by atoms with E-state index in [0.717, 1.165) is 16.1 Å². The summed E-state index contributed by atoms with van der Waals surface area (Å²) in [5, 5.41) is 3.44. The average Bonchev–Trinajstić information content (AvgIpc) is 3.11. The summed E-state index contributed by atoms with van der Waals surface area (Å²) in [6.07, 6.45) is 0. The number of aryl methyl sites for hydroxylation is 1. The zero-order chi connectivity index (χ0) is 21.5. The van der Waals surface area contributed by atoms with Crippen LogP contribution in [-0.2, 0) is 0 Å². The average molecular weight is 427 g/mol. The third-order valence-electron chi connectivity index (χ3n) is 4.24. The third-order valence-corrected chi connectivity index (χ3v) is 5.12. The minimum absolute atomic E-state index is 0.284. The van der Waals surface area contributed by atoms with Gasteiger partial charge in [0.15, 0.2) is 16.6 Å². The van der Waals surface area contributed by atoms with E-state index in [0.29, 0.717) is 47.8 Å². The van der Waals surface area contributed by atoms with Crippen LogP contribution in [0.2, 0.25) is 0 Å². The van der Waals surface area contributed by atoms with Crippen LogP contribution in [0.25, 0.3) is 11.3 Å². The summed E-state index contributed by atoms with van der Waals surface area (Å²) in [6, 6.07) is 13.3. The van der Waals surface area contributed by atoms with Crippen LogP contribution >= 0.6 is 11.3 Å². The quantitative estimate of drug-likeness (QED) is 0.485. The molecular formula is C23H26N2O4S. The lowest BCUT2D eigenvalue weighted by atomic mass is 10.1. The lowest BCUT2D eigenvalue weighted by Gasteiger charge is -2.16. The second-order valence-electron chi connectivity index (χ2n) is 6.34. The number of amides is 1. The number of anilines is 1. The SMILES string of the molecule is CCOc1cc(C(=O)Nc2nc(-c3ccccc3)c(C)s2)cc(OCC)c1OCC. The van der Waals surface area contributed by atoms with E-state index >= 15 is 0 Å². The molecule has 0 aliphatic rings. The molecule has 158 valence electrons. The Bertz CT molecular complexity index is 975. The van der Waals surface area contributed by atoms with Crippen LogP contribution in [0.1, 0.15) is 36.0 Å². The molecule has 0 fully saturated rings. The third kappa shape index (κ3) is 4.91. The number of rotatable bonds is 9. The molecule has 7 heteroatoms. The maximum Gasteiger partial charge on any atom is 0.257 e. The molecule has 1 amide bonds. The fourth-order valence-corrected chi connectivity index (χ4v) is 3.83. The van der Waals surface area contributed by atoms with E-state index in [1.165, 1.54) is 11.3 Å². The maximum atomic E-state index is 13.0. The van der Waals surface area contributed by atoms with Gasteiger partial charge in [0, 0.05) is 16.0 Å². The Labute approximate surface area is 180 Å². The predicted molar refractivity (Wildman–Crippen MR) is 120 cm³/mol. The molecule has 0 bridgehead atoms. The van der Waals surface area contributed by atoms with E-state index in [1.807, 2.05) is 58.0 Å². The molecule has 2 aromatic carbocycles. The molecule has 6 nitrogen and oxygen atoms in total. The second-order valence-corrected chi connectivity index (χ2v) is 7.55. The van der Waals surface area contributed by atoms with Gasteiger partial charge in [-0.3, -0.25) is 10.1 Å². The Kier molecular flexibility index (Phi) is 7.30. The van der Waals surface area contributed by atoms with Gasteiger partial charge in [0.25, 0.3) is 5.91 Å². The number of nitrogens with zero attached hydrogens (tertiary/aromatic N) is 1. The van der Waals surface area contributed by atoms with Crippen LogP contribution in [-0.4, -0.2) is 30.7 Å². The summed E-state index contributed by atoms with van der Waals surface area (Å²) >= 11 is 1.44. The van der Waals surface area contributed by atoms with Gasteiger partial charge < -0.3 is 14.2 Å². The lowest BCUT2D eigenvalue weighted by Crippen LogP contribution is -2.13. The first-order valence-corrected chi connectivity index (χ1v) is 10.8. The van der Waals surface area contributed by atoms with Crippen LogP contribution in [0.4, 0.5) is 5.13 Å². The normalized spacial score (nSPS) is 10.5. The highest BCUT2D eigenvalue weighted by Gasteiger charge is 2.20. The van der Waals surface area contributed by atoms with Crippen molar-refractivity contribution < 1.29 is 19.0 Å². The first kappa shape index (κ1) is 21.6. The zero-order valence-corrected chi connectivity index (χ0v) is 18.5. The van der Waals surface area contributed by atoms with Gasteiger partial charge in [-0.15, -0.1) is 11.3 Å². The Morgan fingerprint density at radius 2 is 1.57 bits per heavy atom. The number of carbonyl (C=O) groups is 1. The van der Waals surface area contributed by atoms with E-state index in [9.17, 15) is 4.79 Å². The van der Waals surface area contributed by atoms with Gasteiger partial charge in [-0.05, 0) is 39.8 Å². The summed E-state index contributed by atoms with van der Waals surface area (Å²) in [6.45, 7) is 9.00. The summed E-state index contributed by atoms with van der Waals surface area (Å²) < 4.78 is 17.1. The van der Waals surface area contributed by atoms with Gasteiger partial charge >= 0.3 is 0 Å². The van der Waals surface area contributed by atoms with Crippen molar-refractivity contribution >= 4 is 22.4 Å². The number of benzene rings is 2. The predicted octanol–water partition coefficient (Wildman–Crippen LogP) is 5.57. The van der Waals surface area contributed by atoms with E-state index in [4.69, 9.17) is 14.2 Å². The van der Waals surface area contributed by atoms with Crippen LogP contribution in [0.15, 0.2) is 42.5 Å². The second kappa shape index (κ2) is 10.1. The molecule has 0 saturated heterocycles. The molecule has 1 heterocycles. The van der Waals surface area contributed by atoms with E-state index < -0.39 is 0 Å². The van der Waals surface area contributed by atoms with Gasteiger partial charge in [-0.25, -0.2) is 4.98 Å². The Morgan fingerprint density at radius 3 is 2.13 bits per heavy atom. The molecular weight excluding hydrogens is 400 g/mol. The molecule has 0 spiro atoms. The first-order chi connectivity index (χ1) is 14.6. The highest BCUT2D eigenvalue weighted by atomic mass is 32.1. The number of ether oxygens (including phenoxy) is 3. The molecule has 0 radical (unpaired) electrons. The van der Waals surface area contributed by atoms with Crippen LogP contribution in [0, 0.1) is 6.92 Å².